The van der Waals surface area contributed by atoms with Gasteiger partial charge in [0.2, 0.25) is 0 Å². The monoisotopic (exact) mass is 290 g/mol. The molecule has 0 fully saturated rings. The number of carboxylic acids is 1. The normalized spacial score (nSPS) is 12.7. The number of nitrogens with zero attached hydrogens (tertiary/aromatic N) is 2. The van der Waals surface area contributed by atoms with E-state index in [-0.39, 0.29) is 0 Å². The lowest BCUT2D eigenvalue weighted by Gasteiger charge is -2.15. The Hall–Kier alpha value is -1.88. The Labute approximate surface area is 124 Å². The fraction of sp³-hybridized carbons (Fsp3) is 0.500. The number of imidazole rings is 1. The molecule has 21 heavy (non-hydrogen) atoms. The van der Waals surface area contributed by atoms with Crippen LogP contribution in [0, 0.1) is 5.92 Å². The summed E-state index contributed by atoms with van der Waals surface area (Å²) in [5, 5.41) is 9.42. The smallest absolute Gasteiger partial charge is 0.337 e. The number of benzene rings is 1. The van der Waals surface area contributed by atoms with Crippen molar-refractivity contribution in [3.8, 4) is 0 Å². The standard InChI is InChI=1S/C16H22N2O3/c1-4-6-14-17-13-8-5-7-12(16(19)20)15(13)18(14)9-11(2)10-21-3/h5,7-8,11H,4,6,9-10H2,1-3H3,(H,19,20). The van der Waals surface area contributed by atoms with Crippen molar-refractivity contribution in [3.05, 3.63) is 29.6 Å². The van der Waals surface area contributed by atoms with E-state index >= 15 is 0 Å². The highest BCUT2D eigenvalue weighted by molar-refractivity contribution is 6.01. The Morgan fingerprint density at radius 1 is 1.48 bits per heavy atom. The zero-order chi connectivity index (χ0) is 15.4. The van der Waals surface area contributed by atoms with E-state index < -0.39 is 5.97 Å². The van der Waals surface area contributed by atoms with Crippen molar-refractivity contribution in [3.63, 3.8) is 0 Å². The van der Waals surface area contributed by atoms with Crippen LogP contribution in [0.3, 0.4) is 0 Å². The van der Waals surface area contributed by atoms with Gasteiger partial charge >= 0.3 is 5.97 Å². The van der Waals surface area contributed by atoms with Crippen molar-refractivity contribution >= 4 is 17.0 Å². The highest BCUT2D eigenvalue weighted by atomic mass is 16.5. The molecule has 1 aromatic heterocycles. The first-order valence-corrected chi connectivity index (χ1v) is 7.28. The third kappa shape index (κ3) is 3.24. The molecule has 5 nitrogen and oxygen atoms in total. The molecule has 2 rings (SSSR count). The second-order valence-corrected chi connectivity index (χ2v) is 5.43. The first-order chi connectivity index (χ1) is 10.1. The summed E-state index contributed by atoms with van der Waals surface area (Å²) < 4.78 is 7.24. The van der Waals surface area contributed by atoms with Gasteiger partial charge in [-0.2, -0.15) is 0 Å². The Bertz CT molecular complexity index is 634. The van der Waals surface area contributed by atoms with Gasteiger partial charge in [-0.3, -0.25) is 0 Å². The molecule has 1 heterocycles. The second kappa shape index (κ2) is 6.72. The number of aromatic nitrogens is 2. The average molecular weight is 290 g/mol. The van der Waals surface area contributed by atoms with E-state index in [9.17, 15) is 9.90 Å². The number of aryl methyl sites for hydroxylation is 1. The number of fused-ring (bicyclic) bond motifs is 1. The molecule has 0 radical (unpaired) electrons. The fourth-order valence-corrected chi connectivity index (χ4v) is 2.67. The number of aromatic carboxylic acids is 1. The molecule has 5 heteroatoms. The van der Waals surface area contributed by atoms with Gasteiger partial charge in [0.05, 0.1) is 23.2 Å². The molecule has 0 amide bonds. The van der Waals surface area contributed by atoms with Crippen molar-refractivity contribution < 1.29 is 14.6 Å². The molecular formula is C16H22N2O3. The van der Waals surface area contributed by atoms with Gasteiger partial charge in [-0.15, -0.1) is 0 Å². The minimum absolute atomic E-state index is 0.296. The molecule has 0 bridgehead atoms. The number of methoxy groups -OCH3 is 1. The Balaban J connectivity index is 2.56. The van der Waals surface area contributed by atoms with Crippen molar-refractivity contribution in [1.29, 1.82) is 0 Å². The Morgan fingerprint density at radius 3 is 2.86 bits per heavy atom. The molecule has 0 aliphatic carbocycles. The zero-order valence-corrected chi connectivity index (χ0v) is 12.8. The van der Waals surface area contributed by atoms with Crippen LogP contribution in [0.25, 0.3) is 11.0 Å². The van der Waals surface area contributed by atoms with Crippen LogP contribution < -0.4 is 0 Å². The zero-order valence-electron chi connectivity index (χ0n) is 12.8. The molecule has 1 unspecified atom stereocenters. The lowest BCUT2D eigenvalue weighted by molar-refractivity contribution is 0.0698. The Kier molecular flexibility index (Phi) is 4.96. The van der Waals surface area contributed by atoms with Gasteiger partial charge in [-0.25, -0.2) is 9.78 Å². The first-order valence-electron chi connectivity index (χ1n) is 7.28. The minimum Gasteiger partial charge on any atom is -0.478 e. The molecule has 0 aliphatic heterocycles. The third-order valence-corrected chi connectivity index (χ3v) is 3.50. The fourth-order valence-electron chi connectivity index (χ4n) is 2.67. The number of hydrogen-bond donors (Lipinski definition) is 1. The van der Waals surface area contributed by atoms with E-state index in [1.54, 1.807) is 19.2 Å². The summed E-state index contributed by atoms with van der Waals surface area (Å²) in [4.78, 5) is 16.1. The molecule has 0 saturated carbocycles. The van der Waals surface area contributed by atoms with Crippen molar-refractivity contribution in [2.75, 3.05) is 13.7 Å². The molecule has 1 aromatic carbocycles. The van der Waals surface area contributed by atoms with Gasteiger partial charge in [-0.05, 0) is 24.5 Å². The quantitative estimate of drug-likeness (QED) is 0.851. The van der Waals surface area contributed by atoms with Crippen LogP contribution in [-0.4, -0.2) is 34.3 Å². The van der Waals surface area contributed by atoms with Crippen molar-refractivity contribution in [2.45, 2.75) is 33.2 Å². The van der Waals surface area contributed by atoms with Gasteiger partial charge in [0.1, 0.15) is 5.82 Å². The lowest BCUT2D eigenvalue weighted by atomic mass is 10.1. The highest BCUT2D eigenvalue weighted by Crippen LogP contribution is 2.23. The summed E-state index contributed by atoms with van der Waals surface area (Å²) in [5.41, 5.74) is 1.78. The minimum atomic E-state index is -0.913. The maximum Gasteiger partial charge on any atom is 0.337 e. The summed E-state index contributed by atoms with van der Waals surface area (Å²) >= 11 is 0. The summed E-state index contributed by atoms with van der Waals surface area (Å²) in [7, 11) is 1.68. The molecule has 1 N–H and O–H groups in total. The highest BCUT2D eigenvalue weighted by Gasteiger charge is 2.18. The van der Waals surface area contributed by atoms with Gasteiger partial charge in [0, 0.05) is 20.1 Å². The molecule has 2 aromatic rings. The first kappa shape index (κ1) is 15.5. The largest absolute Gasteiger partial charge is 0.478 e. The maximum atomic E-state index is 11.5. The Morgan fingerprint density at radius 2 is 2.24 bits per heavy atom. The van der Waals surface area contributed by atoms with Gasteiger partial charge < -0.3 is 14.4 Å². The number of carboxylic acid groups (broad SMARTS) is 1. The van der Waals surface area contributed by atoms with Crippen LogP contribution in [0.1, 0.15) is 36.5 Å². The number of rotatable bonds is 7. The summed E-state index contributed by atoms with van der Waals surface area (Å²) in [6, 6.07) is 5.26. The second-order valence-electron chi connectivity index (χ2n) is 5.43. The number of carbonyl (C=O) groups is 1. The third-order valence-electron chi connectivity index (χ3n) is 3.50. The SMILES string of the molecule is CCCc1nc2cccc(C(=O)O)c2n1CC(C)COC. The van der Waals surface area contributed by atoms with Crippen molar-refractivity contribution in [1.82, 2.24) is 9.55 Å². The van der Waals surface area contributed by atoms with E-state index in [2.05, 4.69) is 18.8 Å². The molecule has 114 valence electrons. The molecule has 1 atom stereocenters. The summed E-state index contributed by atoms with van der Waals surface area (Å²) in [6.07, 6.45) is 1.82. The van der Waals surface area contributed by atoms with Crippen LogP contribution in [0.5, 0.6) is 0 Å². The number of para-hydroxylation sites is 1. The molecule has 0 aliphatic rings. The number of hydrogen-bond acceptors (Lipinski definition) is 3. The van der Waals surface area contributed by atoms with Crippen LogP contribution in [0.2, 0.25) is 0 Å². The van der Waals surface area contributed by atoms with Gasteiger partial charge in [0.15, 0.2) is 0 Å². The van der Waals surface area contributed by atoms with E-state index in [1.807, 2.05) is 10.6 Å². The predicted molar refractivity (Wildman–Crippen MR) is 81.7 cm³/mol. The molecule has 0 saturated heterocycles. The number of ether oxygens (including phenoxy) is 1. The van der Waals surface area contributed by atoms with Crippen LogP contribution >= 0.6 is 0 Å². The molecule has 0 spiro atoms. The maximum absolute atomic E-state index is 11.5. The summed E-state index contributed by atoms with van der Waals surface area (Å²) in [6.45, 7) is 5.54. The van der Waals surface area contributed by atoms with Crippen LogP contribution in [-0.2, 0) is 17.7 Å². The molecular weight excluding hydrogens is 268 g/mol. The van der Waals surface area contributed by atoms with Crippen LogP contribution in [0.4, 0.5) is 0 Å². The predicted octanol–water partition coefficient (Wildman–Crippen LogP) is 2.97. The van der Waals surface area contributed by atoms with E-state index in [0.717, 1.165) is 29.7 Å². The van der Waals surface area contributed by atoms with Crippen LogP contribution in [0.15, 0.2) is 18.2 Å². The summed E-state index contributed by atoms with van der Waals surface area (Å²) in [5.74, 6) is 0.332. The lowest BCUT2D eigenvalue weighted by Crippen LogP contribution is -2.16. The van der Waals surface area contributed by atoms with Gasteiger partial charge in [-0.1, -0.05) is 19.9 Å². The van der Waals surface area contributed by atoms with Crippen molar-refractivity contribution in [2.24, 2.45) is 5.92 Å². The van der Waals surface area contributed by atoms with Gasteiger partial charge in [0.25, 0.3) is 0 Å². The topological polar surface area (TPSA) is 64.3 Å². The van der Waals surface area contributed by atoms with E-state index in [1.165, 1.54) is 0 Å². The van der Waals surface area contributed by atoms with E-state index in [4.69, 9.17) is 4.74 Å². The average Bonchev–Trinajstić information content (AvgIpc) is 2.77. The van der Waals surface area contributed by atoms with E-state index in [0.29, 0.717) is 24.6 Å².